The maximum absolute atomic E-state index is 13.6. The van der Waals surface area contributed by atoms with E-state index in [9.17, 15) is 9.50 Å². The minimum absolute atomic E-state index is 0.195. The van der Waals surface area contributed by atoms with Crippen molar-refractivity contribution in [3.05, 3.63) is 34.1 Å². The highest BCUT2D eigenvalue weighted by Crippen LogP contribution is 2.30. The van der Waals surface area contributed by atoms with Gasteiger partial charge in [-0.15, -0.1) is 0 Å². The van der Waals surface area contributed by atoms with E-state index in [0.717, 1.165) is 4.47 Å². The van der Waals surface area contributed by atoms with E-state index < -0.39 is 5.60 Å². The molecular formula is C13H17BrFNO. The number of benzene rings is 1. The van der Waals surface area contributed by atoms with Crippen molar-refractivity contribution in [2.75, 3.05) is 13.1 Å². The van der Waals surface area contributed by atoms with Crippen molar-refractivity contribution in [1.29, 1.82) is 0 Å². The number of nitrogens with zero attached hydrogens (tertiary/aromatic N) is 1. The highest BCUT2D eigenvalue weighted by Gasteiger charge is 2.43. The monoisotopic (exact) mass is 301 g/mol. The third-order valence-electron chi connectivity index (χ3n) is 3.48. The zero-order chi connectivity index (χ0) is 12.6. The molecule has 0 spiro atoms. The van der Waals surface area contributed by atoms with Crippen molar-refractivity contribution >= 4 is 15.9 Å². The summed E-state index contributed by atoms with van der Waals surface area (Å²) in [4.78, 5) is 2.06. The molecule has 0 radical (unpaired) electrons. The summed E-state index contributed by atoms with van der Waals surface area (Å²) in [6.45, 7) is 5.84. The number of hydrogen-bond donors (Lipinski definition) is 1. The lowest BCUT2D eigenvalue weighted by Crippen LogP contribution is -2.63. The van der Waals surface area contributed by atoms with E-state index in [1.54, 1.807) is 6.07 Å². The van der Waals surface area contributed by atoms with Crippen LogP contribution >= 0.6 is 15.9 Å². The van der Waals surface area contributed by atoms with E-state index in [4.69, 9.17) is 0 Å². The Morgan fingerprint density at radius 2 is 2.12 bits per heavy atom. The predicted octanol–water partition coefficient (Wildman–Crippen LogP) is 2.79. The molecule has 0 aliphatic carbocycles. The lowest BCUT2D eigenvalue weighted by atomic mass is 9.83. The molecule has 2 nitrogen and oxygen atoms in total. The average molecular weight is 302 g/mol. The van der Waals surface area contributed by atoms with Gasteiger partial charge in [-0.25, -0.2) is 4.39 Å². The third kappa shape index (κ3) is 2.69. The number of halogens is 2. The molecule has 0 amide bonds. The van der Waals surface area contributed by atoms with Gasteiger partial charge >= 0.3 is 0 Å². The summed E-state index contributed by atoms with van der Waals surface area (Å²) in [6, 6.07) is 5.10. The van der Waals surface area contributed by atoms with Crippen molar-refractivity contribution in [3.63, 3.8) is 0 Å². The zero-order valence-corrected chi connectivity index (χ0v) is 11.7. The van der Waals surface area contributed by atoms with Gasteiger partial charge < -0.3 is 5.11 Å². The molecule has 0 bridgehead atoms. The fourth-order valence-electron chi connectivity index (χ4n) is 2.10. The van der Waals surface area contributed by atoms with Crippen LogP contribution in [0.4, 0.5) is 4.39 Å². The molecule has 0 aromatic heterocycles. The minimum Gasteiger partial charge on any atom is -0.387 e. The van der Waals surface area contributed by atoms with E-state index in [0.29, 0.717) is 25.2 Å². The van der Waals surface area contributed by atoms with Gasteiger partial charge in [-0.05, 0) is 18.1 Å². The van der Waals surface area contributed by atoms with Crippen LogP contribution in [0.1, 0.15) is 19.4 Å². The second-order valence-corrected chi connectivity index (χ2v) is 6.05. The third-order valence-corrected chi connectivity index (χ3v) is 3.97. The predicted molar refractivity (Wildman–Crippen MR) is 69.2 cm³/mol. The molecule has 1 heterocycles. The molecule has 1 aromatic rings. The van der Waals surface area contributed by atoms with Crippen LogP contribution in [0.5, 0.6) is 0 Å². The standard InChI is InChI=1S/C13H17BrFNO/c1-9(2)13(17)7-16(8-13)6-10-3-4-11(14)5-12(10)15/h3-5,9,17H,6-8H2,1-2H3. The van der Waals surface area contributed by atoms with Crippen LogP contribution in [0.2, 0.25) is 0 Å². The maximum Gasteiger partial charge on any atom is 0.128 e. The van der Waals surface area contributed by atoms with Gasteiger partial charge in [-0.2, -0.15) is 0 Å². The number of hydrogen-bond acceptors (Lipinski definition) is 2. The lowest BCUT2D eigenvalue weighted by molar-refractivity contribution is -0.131. The van der Waals surface area contributed by atoms with Crippen LogP contribution in [-0.4, -0.2) is 28.7 Å². The van der Waals surface area contributed by atoms with Gasteiger partial charge in [-0.1, -0.05) is 35.8 Å². The molecule has 2 rings (SSSR count). The summed E-state index contributed by atoms with van der Waals surface area (Å²) in [6.07, 6.45) is 0. The summed E-state index contributed by atoms with van der Waals surface area (Å²) in [5, 5.41) is 10.1. The van der Waals surface area contributed by atoms with E-state index in [-0.39, 0.29) is 11.7 Å². The molecule has 1 saturated heterocycles. The van der Waals surface area contributed by atoms with Gasteiger partial charge in [0.15, 0.2) is 0 Å². The van der Waals surface area contributed by atoms with Gasteiger partial charge in [0, 0.05) is 29.7 Å². The Balaban J connectivity index is 1.96. The Hall–Kier alpha value is -0.450. The van der Waals surface area contributed by atoms with E-state index in [1.165, 1.54) is 6.07 Å². The van der Waals surface area contributed by atoms with Crippen molar-refractivity contribution < 1.29 is 9.50 Å². The van der Waals surface area contributed by atoms with Gasteiger partial charge in [0.05, 0.1) is 5.60 Å². The van der Waals surface area contributed by atoms with Crippen molar-refractivity contribution in [2.24, 2.45) is 5.92 Å². The van der Waals surface area contributed by atoms with Crippen LogP contribution < -0.4 is 0 Å². The lowest BCUT2D eigenvalue weighted by Gasteiger charge is -2.49. The SMILES string of the molecule is CC(C)C1(O)CN(Cc2ccc(Br)cc2F)C1. The number of rotatable bonds is 3. The molecule has 0 unspecified atom stereocenters. The molecule has 4 heteroatoms. The minimum atomic E-state index is -0.591. The van der Waals surface area contributed by atoms with Crippen LogP contribution in [0, 0.1) is 11.7 Å². The maximum atomic E-state index is 13.6. The topological polar surface area (TPSA) is 23.5 Å². The number of β-amino-alcohol motifs (C(OH)–C–C–N with tert-alkyl or cyclic N) is 1. The molecule has 1 N–H and O–H groups in total. The fourth-order valence-corrected chi connectivity index (χ4v) is 2.43. The number of aliphatic hydroxyl groups is 1. The molecule has 94 valence electrons. The van der Waals surface area contributed by atoms with Gasteiger partial charge in [0.1, 0.15) is 5.82 Å². The summed E-state index contributed by atoms with van der Waals surface area (Å²) in [5.74, 6) is 0.0490. The van der Waals surface area contributed by atoms with E-state index in [2.05, 4.69) is 20.8 Å². The Labute approximate surface area is 110 Å². The van der Waals surface area contributed by atoms with Crippen LogP contribution in [0.25, 0.3) is 0 Å². The normalized spacial score (nSPS) is 19.4. The van der Waals surface area contributed by atoms with Gasteiger partial charge in [-0.3, -0.25) is 4.90 Å². The van der Waals surface area contributed by atoms with Crippen LogP contribution in [0.15, 0.2) is 22.7 Å². The second-order valence-electron chi connectivity index (χ2n) is 5.14. The highest BCUT2D eigenvalue weighted by atomic mass is 79.9. The first-order valence-electron chi connectivity index (χ1n) is 5.79. The van der Waals surface area contributed by atoms with E-state index >= 15 is 0 Å². The van der Waals surface area contributed by atoms with Gasteiger partial charge in [0.2, 0.25) is 0 Å². The first-order valence-corrected chi connectivity index (χ1v) is 6.59. The summed E-state index contributed by atoms with van der Waals surface area (Å²) >= 11 is 3.24. The fraction of sp³-hybridized carbons (Fsp3) is 0.538. The largest absolute Gasteiger partial charge is 0.387 e. The Kier molecular flexibility index (Phi) is 3.57. The molecule has 17 heavy (non-hydrogen) atoms. The van der Waals surface area contributed by atoms with Gasteiger partial charge in [0.25, 0.3) is 0 Å². The van der Waals surface area contributed by atoms with Crippen LogP contribution in [-0.2, 0) is 6.54 Å². The van der Waals surface area contributed by atoms with Crippen molar-refractivity contribution in [1.82, 2.24) is 4.90 Å². The first-order chi connectivity index (χ1) is 7.90. The second kappa shape index (κ2) is 4.67. The molecular weight excluding hydrogens is 285 g/mol. The number of likely N-dealkylation sites (tertiary alicyclic amines) is 1. The molecule has 0 atom stereocenters. The Morgan fingerprint density at radius 3 is 2.65 bits per heavy atom. The summed E-state index contributed by atoms with van der Waals surface area (Å²) < 4.78 is 14.4. The average Bonchev–Trinajstić information content (AvgIpc) is 2.19. The van der Waals surface area contributed by atoms with Crippen molar-refractivity contribution in [3.8, 4) is 0 Å². The summed E-state index contributed by atoms with van der Waals surface area (Å²) in [7, 11) is 0. The quantitative estimate of drug-likeness (QED) is 0.928. The molecule has 1 aromatic carbocycles. The molecule has 1 aliphatic rings. The first kappa shape index (κ1) is 13.0. The highest BCUT2D eigenvalue weighted by molar-refractivity contribution is 9.10. The van der Waals surface area contributed by atoms with E-state index in [1.807, 2.05) is 19.9 Å². The summed E-state index contributed by atoms with van der Waals surface area (Å²) in [5.41, 5.74) is 0.0882. The Morgan fingerprint density at radius 1 is 1.47 bits per heavy atom. The zero-order valence-electron chi connectivity index (χ0n) is 10.1. The molecule has 1 aliphatic heterocycles. The van der Waals surface area contributed by atoms with Crippen molar-refractivity contribution in [2.45, 2.75) is 26.0 Å². The smallest absolute Gasteiger partial charge is 0.128 e. The van der Waals surface area contributed by atoms with Crippen LogP contribution in [0.3, 0.4) is 0 Å². The Bertz CT molecular complexity index is 416. The molecule has 1 fully saturated rings. The molecule has 0 saturated carbocycles.